The molecule has 1 aromatic carbocycles. The first kappa shape index (κ1) is 18.7. The lowest BCUT2D eigenvalue weighted by Crippen LogP contribution is -2.16. The van der Waals surface area contributed by atoms with Gasteiger partial charge in [0.05, 0.1) is 23.3 Å². The fourth-order valence-electron chi connectivity index (χ4n) is 2.61. The van der Waals surface area contributed by atoms with Crippen molar-refractivity contribution in [2.24, 2.45) is 0 Å². The molecule has 27 heavy (non-hydrogen) atoms. The third-order valence-corrected chi connectivity index (χ3v) is 3.95. The molecule has 0 aliphatic rings. The van der Waals surface area contributed by atoms with Crippen LogP contribution in [0.25, 0.3) is 11.0 Å². The van der Waals surface area contributed by atoms with Gasteiger partial charge in [0, 0.05) is 26.3 Å². The summed E-state index contributed by atoms with van der Waals surface area (Å²) < 4.78 is 25.0. The van der Waals surface area contributed by atoms with Crippen LogP contribution >= 0.6 is 0 Å². The number of amides is 1. The number of aromatic nitrogens is 2. The summed E-state index contributed by atoms with van der Waals surface area (Å²) >= 11 is 0. The Labute approximate surface area is 156 Å². The summed E-state index contributed by atoms with van der Waals surface area (Å²) in [6, 6.07) is 9.91. The molecule has 0 saturated carbocycles. The van der Waals surface area contributed by atoms with Crippen molar-refractivity contribution in [2.75, 3.05) is 25.6 Å². The van der Waals surface area contributed by atoms with Crippen LogP contribution in [0.5, 0.6) is 5.75 Å². The molecule has 2 aromatic heterocycles. The van der Waals surface area contributed by atoms with E-state index in [1.54, 1.807) is 44.5 Å². The quantitative estimate of drug-likeness (QED) is 0.642. The highest BCUT2D eigenvalue weighted by Gasteiger charge is 2.16. The van der Waals surface area contributed by atoms with E-state index >= 15 is 0 Å². The van der Waals surface area contributed by atoms with Crippen molar-refractivity contribution < 1.29 is 18.7 Å². The smallest absolute Gasteiger partial charge is 0.274 e. The zero-order valence-electron chi connectivity index (χ0n) is 15.2. The fraction of sp³-hybridized carbons (Fsp3) is 0.250. The molecule has 0 spiro atoms. The molecular weight excluding hydrogens is 349 g/mol. The molecule has 1 N–H and O–H groups in total. The van der Waals surface area contributed by atoms with E-state index in [4.69, 9.17) is 9.47 Å². The van der Waals surface area contributed by atoms with E-state index in [-0.39, 0.29) is 17.1 Å². The number of nitrogens with zero attached hydrogens (tertiary/aromatic N) is 2. The maximum absolute atomic E-state index is 14.6. The van der Waals surface area contributed by atoms with E-state index in [0.29, 0.717) is 36.2 Å². The maximum atomic E-state index is 14.6. The first-order valence-corrected chi connectivity index (χ1v) is 8.54. The number of ether oxygens (including phenoxy) is 2. The topological polar surface area (TPSA) is 73.3 Å². The van der Waals surface area contributed by atoms with Gasteiger partial charge < -0.3 is 14.8 Å². The molecule has 140 valence electrons. The molecule has 3 aromatic rings. The molecule has 3 rings (SSSR count). The Morgan fingerprint density at radius 1 is 1.19 bits per heavy atom. The lowest BCUT2D eigenvalue weighted by molar-refractivity contribution is 0.102. The summed E-state index contributed by atoms with van der Waals surface area (Å²) in [6.45, 7) is 2.61. The largest absolute Gasteiger partial charge is 0.490 e. The second-order valence-electron chi connectivity index (χ2n) is 5.96. The van der Waals surface area contributed by atoms with E-state index in [0.717, 1.165) is 0 Å². The van der Waals surface area contributed by atoms with Crippen molar-refractivity contribution in [3.8, 4) is 5.75 Å². The number of anilines is 1. The van der Waals surface area contributed by atoms with Crippen molar-refractivity contribution in [1.29, 1.82) is 0 Å². The molecule has 2 heterocycles. The predicted molar refractivity (Wildman–Crippen MR) is 101 cm³/mol. The Bertz CT molecular complexity index is 962. The van der Waals surface area contributed by atoms with Gasteiger partial charge in [0.1, 0.15) is 5.69 Å². The third kappa shape index (κ3) is 4.38. The van der Waals surface area contributed by atoms with E-state index in [1.807, 2.05) is 0 Å². The number of halogens is 1. The standard InChI is InChI=1S/C20H20FN3O3/c1-13-12-16-14(7-4-9-22-16)23-19(13)20(25)24-15-6-3-8-17(18(15)21)27-11-5-10-26-2/h3-4,6-9,12H,5,10-11H2,1-2H3,(H,24,25). The Kier molecular flexibility index (Phi) is 5.93. The Morgan fingerprint density at radius 2 is 2.04 bits per heavy atom. The first-order valence-electron chi connectivity index (χ1n) is 8.54. The number of carbonyl (C=O) groups is 1. The molecule has 6 nitrogen and oxygen atoms in total. The highest BCUT2D eigenvalue weighted by Crippen LogP contribution is 2.25. The van der Waals surface area contributed by atoms with Gasteiger partial charge in [0.25, 0.3) is 5.91 Å². The van der Waals surface area contributed by atoms with Crippen LogP contribution in [0, 0.1) is 12.7 Å². The van der Waals surface area contributed by atoms with Gasteiger partial charge in [-0.1, -0.05) is 6.07 Å². The van der Waals surface area contributed by atoms with E-state index in [1.165, 1.54) is 12.1 Å². The van der Waals surface area contributed by atoms with Crippen molar-refractivity contribution in [3.63, 3.8) is 0 Å². The number of methoxy groups -OCH3 is 1. The summed E-state index contributed by atoms with van der Waals surface area (Å²) in [5, 5.41) is 2.57. The Hall–Kier alpha value is -3.06. The van der Waals surface area contributed by atoms with Crippen LogP contribution in [0.15, 0.2) is 42.6 Å². The Balaban J connectivity index is 1.79. The van der Waals surface area contributed by atoms with Gasteiger partial charge in [0.15, 0.2) is 11.6 Å². The van der Waals surface area contributed by atoms with Crippen LogP contribution < -0.4 is 10.1 Å². The lowest BCUT2D eigenvalue weighted by Gasteiger charge is -2.12. The second kappa shape index (κ2) is 8.55. The number of hydrogen-bond donors (Lipinski definition) is 1. The number of carbonyl (C=O) groups excluding carboxylic acids is 1. The summed E-state index contributed by atoms with van der Waals surface area (Å²) in [5.74, 6) is -1.03. The number of benzene rings is 1. The second-order valence-corrected chi connectivity index (χ2v) is 5.96. The number of pyridine rings is 2. The maximum Gasteiger partial charge on any atom is 0.274 e. The molecule has 0 unspecified atom stereocenters. The van der Waals surface area contributed by atoms with E-state index in [9.17, 15) is 9.18 Å². The molecule has 0 bridgehead atoms. The van der Waals surface area contributed by atoms with Gasteiger partial charge in [0.2, 0.25) is 0 Å². The van der Waals surface area contributed by atoms with Gasteiger partial charge >= 0.3 is 0 Å². The monoisotopic (exact) mass is 369 g/mol. The number of nitrogens with one attached hydrogen (secondary N) is 1. The molecule has 0 saturated heterocycles. The summed E-state index contributed by atoms with van der Waals surface area (Å²) in [4.78, 5) is 21.2. The SMILES string of the molecule is COCCCOc1cccc(NC(=O)c2nc3cccnc3cc2C)c1F. The molecule has 0 radical (unpaired) electrons. The van der Waals surface area contributed by atoms with Gasteiger partial charge in [-0.05, 0) is 42.8 Å². The lowest BCUT2D eigenvalue weighted by atomic mass is 10.1. The normalized spacial score (nSPS) is 10.8. The van der Waals surface area contributed by atoms with Gasteiger partial charge in [-0.15, -0.1) is 0 Å². The van der Waals surface area contributed by atoms with Crippen LogP contribution in [0.1, 0.15) is 22.5 Å². The zero-order chi connectivity index (χ0) is 19.2. The fourth-order valence-corrected chi connectivity index (χ4v) is 2.61. The number of rotatable bonds is 7. The van der Waals surface area contributed by atoms with Crippen LogP contribution in [0.2, 0.25) is 0 Å². The molecule has 7 heteroatoms. The van der Waals surface area contributed by atoms with Crippen molar-refractivity contribution >= 4 is 22.6 Å². The number of hydrogen-bond acceptors (Lipinski definition) is 5. The average Bonchev–Trinajstić information content (AvgIpc) is 2.67. The van der Waals surface area contributed by atoms with Crippen LogP contribution in [0.3, 0.4) is 0 Å². The molecule has 0 fully saturated rings. The van der Waals surface area contributed by atoms with Crippen LogP contribution in [0.4, 0.5) is 10.1 Å². The van der Waals surface area contributed by atoms with Crippen molar-refractivity contribution in [2.45, 2.75) is 13.3 Å². The number of fused-ring (bicyclic) bond motifs is 1. The summed E-state index contributed by atoms with van der Waals surface area (Å²) in [7, 11) is 1.59. The third-order valence-electron chi connectivity index (χ3n) is 3.95. The summed E-state index contributed by atoms with van der Waals surface area (Å²) in [6.07, 6.45) is 2.30. The predicted octanol–water partition coefficient (Wildman–Crippen LogP) is 3.74. The highest BCUT2D eigenvalue weighted by molar-refractivity contribution is 6.05. The minimum Gasteiger partial charge on any atom is -0.490 e. The highest BCUT2D eigenvalue weighted by atomic mass is 19.1. The number of aryl methyl sites for hydroxylation is 1. The van der Waals surface area contributed by atoms with Gasteiger partial charge in [-0.3, -0.25) is 9.78 Å². The van der Waals surface area contributed by atoms with Crippen molar-refractivity contribution in [1.82, 2.24) is 9.97 Å². The molecular formula is C20H20FN3O3. The zero-order valence-corrected chi connectivity index (χ0v) is 15.2. The average molecular weight is 369 g/mol. The van der Waals surface area contributed by atoms with Crippen LogP contribution in [-0.4, -0.2) is 36.2 Å². The summed E-state index contributed by atoms with van der Waals surface area (Å²) in [5.41, 5.74) is 2.22. The van der Waals surface area contributed by atoms with Gasteiger partial charge in [-0.25, -0.2) is 9.37 Å². The molecule has 0 aliphatic heterocycles. The molecule has 0 aliphatic carbocycles. The first-order chi connectivity index (χ1) is 13.1. The Morgan fingerprint density at radius 3 is 2.85 bits per heavy atom. The van der Waals surface area contributed by atoms with E-state index in [2.05, 4.69) is 15.3 Å². The van der Waals surface area contributed by atoms with Crippen LogP contribution in [-0.2, 0) is 4.74 Å². The minimum atomic E-state index is -0.622. The molecule has 0 atom stereocenters. The van der Waals surface area contributed by atoms with Gasteiger partial charge in [-0.2, -0.15) is 0 Å². The van der Waals surface area contributed by atoms with Crippen molar-refractivity contribution in [3.05, 3.63) is 59.7 Å². The molecule has 1 amide bonds. The van der Waals surface area contributed by atoms with E-state index < -0.39 is 11.7 Å². The minimum absolute atomic E-state index is 0.0386.